The van der Waals surface area contributed by atoms with Crippen LogP contribution in [0.15, 0.2) is 43.0 Å². The summed E-state index contributed by atoms with van der Waals surface area (Å²) >= 11 is 0. The molecule has 1 amide bonds. The second-order valence-corrected chi connectivity index (χ2v) is 5.04. The lowest BCUT2D eigenvalue weighted by molar-refractivity contribution is -0.121. The number of fused-ring (bicyclic) bond motifs is 1. The number of rotatable bonds is 6. The van der Waals surface area contributed by atoms with Crippen molar-refractivity contribution in [1.29, 1.82) is 0 Å². The van der Waals surface area contributed by atoms with Gasteiger partial charge in [0, 0.05) is 42.0 Å². The summed E-state index contributed by atoms with van der Waals surface area (Å²) in [7, 11) is 0. The van der Waals surface area contributed by atoms with Crippen molar-refractivity contribution in [1.82, 2.24) is 20.3 Å². The normalized spacial score (nSPS) is 10.9. The van der Waals surface area contributed by atoms with Gasteiger partial charge in [-0.1, -0.05) is 18.2 Å². The van der Waals surface area contributed by atoms with Gasteiger partial charge in [0.2, 0.25) is 5.91 Å². The van der Waals surface area contributed by atoms with E-state index in [4.69, 9.17) is 0 Å². The van der Waals surface area contributed by atoms with Gasteiger partial charge in [-0.15, -0.1) is 0 Å². The molecule has 3 rings (SSSR count). The molecular weight excluding hydrogens is 264 g/mol. The highest BCUT2D eigenvalue weighted by Crippen LogP contribution is 2.17. The number of aromatic nitrogens is 3. The number of hydrogen-bond donors (Lipinski definition) is 3. The number of nitrogens with one attached hydrogen (secondary N) is 3. The molecule has 0 unspecified atom stereocenters. The van der Waals surface area contributed by atoms with Crippen molar-refractivity contribution in [3.05, 3.63) is 54.2 Å². The van der Waals surface area contributed by atoms with Crippen LogP contribution in [0.25, 0.3) is 10.9 Å². The Balaban J connectivity index is 1.46. The molecule has 0 aliphatic rings. The second-order valence-electron chi connectivity index (χ2n) is 5.04. The molecule has 5 nitrogen and oxygen atoms in total. The number of amides is 1. The van der Waals surface area contributed by atoms with Crippen LogP contribution in [-0.2, 0) is 17.6 Å². The number of para-hydroxylation sites is 1. The number of carbonyl (C=O) groups is 1. The van der Waals surface area contributed by atoms with Crippen LogP contribution in [0.5, 0.6) is 0 Å². The summed E-state index contributed by atoms with van der Waals surface area (Å²) in [5.41, 5.74) is 3.36. The van der Waals surface area contributed by atoms with E-state index in [1.807, 2.05) is 18.3 Å². The lowest BCUT2D eigenvalue weighted by Crippen LogP contribution is -2.25. The van der Waals surface area contributed by atoms with Gasteiger partial charge in [-0.2, -0.15) is 0 Å². The third-order valence-electron chi connectivity index (χ3n) is 3.57. The van der Waals surface area contributed by atoms with E-state index in [1.54, 1.807) is 12.5 Å². The SMILES string of the molecule is O=C(CCc1cnc[nH]1)NCCc1c[nH]c2ccccc12. The van der Waals surface area contributed by atoms with E-state index in [0.29, 0.717) is 19.4 Å². The van der Waals surface area contributed by atoms with Crippen LogP contribution >= 0.6 is 0 Å². The minimum absolute atomic E-state index is 0.0736. The molecule has 0 aliphatic carbocycles. The van der Waals surface area contributed by atoms with Gasteiger partial charge >= 0.3 is 0 Å². The minimum atomic E-state index is 0.0736. The fourth-order valence-electron chi connectivity index (χ4n) is 2.43. The summed E-state index contributed by atoms with van der Waals surface area (Å²) in [6.45, 7) is 0.656. The van der Waals surface area contributed by atoms with E-state index in [0.717, 1.165) is 17.6 Å². The summed E-state index contributed by atoms with van der Waals surface area (Å²) in [4.78, 5) is 22.0. The van der Waals surface area contributed by atoms with E-state index in [-0.39, 0.29) is 5.91 Å². The fraction of sp³-hybridized carbons (Fsp3) is 0.250. The van der Waals surface area contributed by atoms with Gasteiger partial charge in [0.15, 0.2) is 0 Å². The third-order valence-corrected chi connectivity index (χ3v) is 3.57. The fourth-order valence-corrected chi connectivity index (χ4v) is 2.43. The summed E-state index contributed by atoms with van der Waals surface area (Å²) in [6, 6.07) is 8.20. The molecule has 2 aromatic heterocycles. The standard InChI is InChI=1S/C16H18N4O/c21-16(6-5-13-10-17-11-20-13)18-8-7-12-9-19-15-4-2-1-3-14(12)15/h1-4,9-11,19H,5-8H2,(H,17,20)(H,18,21). The summed E-state index contributed by atoms with van der Waals surface area (Å²) in [5, 5.41) is 4.19. The van der Waals surface area contributed by atoms with Crippen molar-refractivity contribution in [2.45, 2.75) is 19.3 Å². The highest BCUT2D eigenvalue weighted by atomic mass is 16.1. The molecule has 3 aromatic rings. The highest BCUT2D eigenvalue weighted by molar-refractivity contribution is 5.83. The van der Waals surface area contributed by atoms with Gasteiger partial charge in [0.1, 0.15) is 0 Å². The van der Waals surface area contributed by atoms with E-state index in [2.05, 4.69) is 32.4 Å². The predicted octanol–water partition coefficient (Wildman–Crippen LogP) is 2.18. The lowest BCUT2D eigenvalue weighted by atomic mass is 10.1. The maximum atomic E-state index is 11.8. The van der Waals surface area contributed by atoms with Crippen LogP contribution in [0.3, 0.4) is 0 Å². The van der Waals surface area contributed by atoms with Crippen LogP contribution in [0, 0.1) is 0 Å². The summed E-state index contributed by atoms with van der Waals surface area (Å²) in [5.74, 6) is 0.0736. The first-order valence-electron chi connectivity index (χ1n) is 7.12. The average Bonchev–Trinajstić information content (AvgIpc) is 3.15. The predicted molar refractivity (Wildman–Crippen MR) is 81.9 cm³/mol. The number of hydrogen-bond acceptors (Lipinski definition) is 2. The van der Waals surface area contributed by atoms with Crippen molar-refractivity contribution < 1.29 is 4.79 Å². The van der Waals surface area contributed by atoms with Gasteiger partial charge in [0.25, 0.3) is 0 Å². The first kappa shape index (κ1) is 13.4. The Morgan fingerprint density at radius 2 is 2.10 bits per heavy atom. The smallest absolute Gasteiger partial charge is 0.220 e. The Morgan fingerprint density at radius 1 is 1.19 bits per heavy atom. The average molecular weight is 282 g/mol. The van der Waals surface area contributed by atoms with Crippen LogP contribution in [0.2, 0.25) is 0 Å². The molecule has 0 saturated carbocycles. The zero-order valence-electron chi connectivity index (χ0n) is 11.7. The van der Waals surface area contributed by atoms with Crippen molar-refractivity contribution >= 4 is 16.8 Å². The Morgan fingerprint density at radius 3 is 2.95 bits per heavy atom. The monoisotopic (exact) mass is 282 g/mol. The van der Waals surface area contributed by atoms with Crippen LogP contribution in [0.1, 0.15) is 17.7 Å². The third kappa shape index (κ3) is 3.31. The molecule has 108 valence electrons. The molecule has 2 heterocycles. The number of aryl methyl sites for hydroxylation is 1. The van der Waals surface area contributed by atoms with Crippen LogP contribution < -0.4 is 5.32 Å². The number of imidazole rings is 1. The Bertz CT molecular complexity index is 715. The molecule has 1 aromatic carbocycles. The van der Waals surface area contributed by atoms with E-state index >= 15 is 0 Å². The maximum absolute atomic E-state index is 11.8. The molecule has 0 fully saturated rings. The number of carbonyl (C=O) groups excluding carboxylic acids is 1. The first-order valence-corrected chi connectivity index (χ1v) is 7.12. The molecule has 0 aliphatic heterocycles. The largest absolute Gasteiger partial charge is 0.361 e. The second kappa shape index (κ2) is 6.26. The molecule has 0 atom stereocenters. The molecule has 0 saturated heterocycles. The van der Waals surface area contributed by atoms with Gasteiger partial charge in [0.05, 0.1) is 6.33 Å². The molecule has 0 spiro atoms. The minimum Gasteiger partial charge on any atom is -0.361 e. The van der Waals surface area contributed by atoms with Crippen molar-refractivity contribution in [2.75, 3.05) is 6.54 Å². The van der Waals surface area contributed by atoms with Crippen LogP contribution in [-0.4, -0.2) is 27.4 Å². The van der Waals surface area contributed by atoms with Crippen molar-refractivity contribution in [3.63, 3.8) is 0 Å². The zero-order chi connectivity index (χ0) is 14.5. The summed E-state index contributed by atoms with van der Waals surface area (Å²) in [6.07, 6.45) is 7.40. The topological polar surface area (TPSA) is 73.6 Å². The van der Waals surface area contributed by atoms with Gasteiger partial charge < -0.3 is 15.3 Å². The van der Waals surface area contributed by atoms with E-state index in [9.17, 15) is 4.79 Å². The quantitative estimate of drug-likeness (QED) is 0.648. The Hall–Kier alpha value is -2.56. The maximum Gasteiger partial charge on any atom is 0.220 e. The van der Waals surface area contributed by atoms with Crippen LogP contribution in [0.4, 0.5) is 0 Å². The lowest BCUT2D eigenvalue weighted by Gasteiger charge is -2.04. The van der Waals surface area contributed by atoms with E-state index in [1.165, 1.54) is 10.9 Å². The molecule has 0 radical (unpaired) electrons. The highest BCUT2D eigenvalue weighted by Gasteiger charge is 2.05. The molecule has 0 bridgehead atoms. The Labute approximate surface area is 122 Å². The number of H-pyrrole nitrogens is 2. The Kier molecular flexibility index (Phi) is 4.00. The number of nitrogens with zero attached hydrogens (tertiary/aromatic N) is 1. The number of aromatic amines is 2. The van der Waals surface area contributed by atoms with Gasteiger partial charge in [-0.05, 0) is 24.5 Å². The van der Waals surface area contributed by atoms with Crippen molar-refractivity contribution in [3.8, 4) is 0 Å². The molecule has 5 heteroatoms. The van der Waals surface area contributed by atoms with Crippen molar-refractivity contribution in [2.24, 2.45) is 0 Å². The van der Waals surface area contributed by atoms with Gasteiger partial charge in [-0.3, -0.25) is 4.79 Å². The molecule has 21 heavy (non-hydrogen) atoms. The summed E-state index contributed by atoms with van der Waals surface area (Å²) < 4.78 is 0. The van der Waals surface area contributed by atoms with E-state index < -0.39 is 0 Å². The zero-order valence-corrected chi connectivity index (χ0v) is 11.7. The molecule has 3 N–H and O–H groups in total. The first-order chi connectivity index (χ1) is 10.3. The number of benzene rings is 1. The molecular formula is C16H18N4O. The van der Waals surface area contributed by atoms with Gasteiger partial charge in [-0.25, -0.2) is 4.98 Å².